The van der Waals surface area contributed by atoms with Gasteiger partial charge in [-0.05, 0) is 5.41 Å². The van der Waals surface area contributed by atoms with E-state index in [-0.39, 0.29) is 22.5 Å². The molecule has 0 bridgehead atoms. The maximum Gasteiger partial charge on any atom is 0.332 e. The molecule has 1 aromatic heterocycles. The van der Waals surface area contributed by atoms with E-state index in [1.54, 1.807) is 0 Å². The van der Waals surface area contributed by atoms with Crippen LogP contribution in [0.5, 0.6) is 0 Å². The standard InChI is InChI=1S/C10H17N3O2/c1-10(2,3)6-13-7(11)5-8(14)12(4)9(13)15/h5H,6,11H2,1-4H3. The van der Waals surface area contributed by atoms with E-state index < -0.39 is 0 Å². The second kappa shape index (κ2) is 3.56. The first-order valence-corrected chi connectivity index (χ1v) is 4.79. The van der Waals surface area contributed by atoms with Crippen molar-refractivity contribution in [1.29, 1.82) is 0 Å². The highest BCUT2D eigenvalue weighted by atomic mass is 16.2. The Balaban J connectivity index is 3.38. The number of rotatable bonds is 1. The van der Waals surface area contributed by atoms with Gasteiger partial charge in [-0.1, -0.05) is 20.8 Å². The molecule has 0 aromatic carbocycles. The van der Waals surface area contributed by atoms with Gasteiger partial charge in [0.15, 0.2) is 0 Å². The summed E-state index contributed by atoms with van der Waals surface area (Å²) in [5.41, 5.74) is 4.85. The van der Waals surface area contributed by atoms with E-state index in [9.17, 15) is 9.59 Å². The van der Waals surface area contributed by atoms with Crippen LogP contribution in [0.3, 0.4) is 0 Å². The lowest BCUT2D eigenvalue weighted by Gasteiger charge is -2.21. The highest BCUT2D eigenvalue weighted by molar-refractivity contribution is 5.26. The number of hydrogen-bond donors (Lipinski definition) is 1. The number of nitrogens with zero attached hydrogens (tertiary/aromatic N) is 2. The molecule has 15 heavy (non-hydrogen) atoms. The van der Waals surface area contributed by atoms with Crippen molar-refractivity contribution in [3.8, 4) is 0 Å². The number of anilines is 1. The topological polar surface area (TPSA) is 70.0 Å². The van der Waals surface area contributed by atoms with Gasteiger partial charge in [0.1, 0.15) is 5.82 Å². The van der Waals surface area contributed by atoms with E-state index in [4.69, 9.17) is 5.73 Å². The zero-order valence-electron chi connectivity index (χ0n) is 9.57. The lowest BCUT2D eigenvalue weighted by Crippen LogP contribution is -2.40. The molecule has 1 heterocycles. The van der Waals surface area contributed by atoms with Gasteiger partial charge in [-0.3, -0.25) is 13.9 Å². The molecule has 0 aliphatic carbocycles. The molecular formula is C10H17N3O2. The van der Waals surface area contributed by atoms with Crippen molar-refractivity contribution in [2.24, 2.45) is 12.5 Å². The molecule has 5 nitrogen and oxygen atoms in total. The van der Waals surface area contributed by atoms with Gasteiger partial charge in [-0.2, -0.15) is 0 Å². The molecule has 0 saturated carbocycles. The zero-order valence-corrected chi connectivity index (χ0v) is 9.57. The van der Waals surface area contributed by atoms with Gasteiger partial charge in [0.25, 0.3) is 5.56 Å². The first kappa shape index (κ1) is 11.6. The summed E-state index contributed by atoms with van der Waals surface area (Å²) >= 11 is 0. The summed E-state index contributed by atoms with van der Waals surface area (Å²) in [6.45, 7) is 6.50. The minimum atomic E-state index is -0.373. The maximum absolute atomic E-state index is 11.7. The molecule has 0 saturated heterocycles. The summed E-state index contributed by atoms with van der Waals surface area (Å²) in [7, 11) is 1.45. The maximum atomic E-state index is 11.7. The predicted octanol–water partition coefficient (Wildman–Crippen LogP) is 0.175. The molecule has 0 atom stereocenters. The van der Waals surface area contributed by atoms with Crippen molar-refractivity contribution in [2.45, 2.75) is 27.3 Å². The van der Waals surface area contributed by atoms with Crippen LogP contribution in [0.2, 0.25) is 0 Å². The second-order valence-corrected chi connectivity index (χ2v) is 4.90. The SMILES string of the molecule is Cn1c(=O)cc(N)n(CC(C)(C)C)c1=O. The fourth-order valence-electron chi connectivity index (χ4n) is 1.32. The third-order valence-corrected chi connectivity index (χ3v) is 2.06. The van der Waals surface area contributed by atoms with Crippen LogP contribution in [0.25, 0.3) is 0 Å². The molecule has 5 heteroatoms. The van der Waals surface area contributed by atoms with Gasteiger partial charge in [0.2, 0.25) is 0 Å². The highest BCUT2D eigenvalue weighted by Gasteiger charge is 2.15. The van der Waals surface area contributed by atoms with E-state index in [1.165, 1.54) is 17.7 Å². The van der Waals surface area contributed by atoms with Crippen molar-refractivity contribution in [3.63, 3.8) is 0 Å². The van der Waals surface area contributed by atoms with E-state index in [2.05, 4.69) is 0 Å². The van der Waals surface area contributed by atoms with Crippen molar-refractivity contribution >= 4 is 5.82 Å². The van der Waals surface area contributed by atoms with Crippen LogP contribution < -0.4 is 17.0 Å². The number of nitrogen functional groups attached to an aromatic ring is 1. The van der Waals surface area contributed by atoms with Gasteiger partial charge in [0.05, 0.1) is 0 Å². The van der Waals surface area contributed by atoms with Gasteiger partial charge in [0, 0.05) is 19.7 Å². The van der Waals surface area contributed by atoms with Gasteiger partial charge in [-0.25, -0.2) is 4.79 Å². The van der Waals surface area contributed by atoms with Gasteiger partial charge in [-0.15, -0.1) is 0 Å². The molecule has 0 radical (unpaired) electrons. The largest absolute Gasteiger partial charge is 0.385 e. The third-order valence-electron chi connectivity index (χ3n) is 2.06. The number of hydrogen-bond acceptors (Lipinski definition) is 3. The average Bonchev–Trinajstić information content (AvgIpc) is 2.07. The van der Waals surface area contributed by atoms with Crippen LogP contribution in [0.15, 0.2) is 15.7 Å². The Morgan fingerprint density at radius 3 is 2.33 bits per heavy atom. The quantitative estimate of drug-likeness (QED) is 0.720. The van der Waals surface area contributed by atoms with Crippen LogP contribution in [0, 0.1) is 5.41 Å². The molecule has 1 aromatic rings. The Kier molecular flexibility index (Phi) is 2.75. The minimum absolute atomic E-state index is 0.0602. The summed E-state index contributed by atoms with van der Waals surface area (Å²) in [5.74, 6) is 0.220. The van der Waals surface area contributed by atoms with E-state index >= 15 is 0 Å². The van der Waals surface area contributed by atoms with Crippen molar-refractivity contribution in [3.05, 3.63) is 26.9 Å². The van der Waals surface area contributed by atoms with Crippen LogP contribution in [0.1, 0.15) is 20.8 Å². The Morgan fingerprint density at radius 2 is 1.87 bits per heavy atom. The molecule has 2 N–H and O–H groups in total. The fourth-order valence-corrected chi connectivity index (χ4v) is 1.32. The van der Waals surface area contributed by atoms with Crippen molar-refractivity contribution in [1.82, 2.24) is 9.13 Å². The van der Waals surface area contributed by atoms with Crippen molar-refractivity contribution < 1.29 is 0 Å². The monoisotopic (exact) mass is 211 g/mol. The average molecular weight is 211 g/mol. The normalized spacial score (nSPS) is 11.7. The molecule has 84 valence electrons. The van der Waals surface area contributed by atoms with Crippen molar-refractivity contribution in [2.75, 3.05) is 5.73 Å². The molecule has 0 fully saturated rings. The first-order chi connectivity index (χ1) is 6.72. The van der Waals surface area contributed by atoms with E-state index in [1.807, 2.05) is 20.8 Å². The zero-order chi connectivity index (χ0) is 11.8. The number of nitrogens with two attached hydrogens (primary N) is 1. The van der Waals surface area contributed by atoms with Gasteiger partial charge < -0.3 is 5.73 Å². The van der Waals surface area contributed by atoms with Crippen LogP contribution in [-0.4, -0.2) is 9.13 Å². The van der Waals surface area contributed by atoms with Crippen LogP contribution in [-0.2, 0) is 13.6 Å². The predicted molar refractivity (Wildman–Crippen MR) is 59.8 cm³/mol. The smallest absolute Gasteiger partial charge is 0.332 e. The Hall–Kier alpha value is -1.52. The molecule has 0 amide bonds. The lowest BCUT2D eigenvalue weighted by molar-refractivity contribution is 0.334. The number of aromatic nitrogens is 2. The van der Waals surface area contributed by atoms with Gasteiger partial charge >= 0.3 is 5.69 Å². The fraction of sp³-hybridized carbons (Fsp3) is 0.600. The summed E-state index contributed by atoms with van der Waals surface area (Å²) < 4.78 is 2.48. The van der Waals surface area contributed by atoms with Crippen LogP contribution in [0.4, 0.5) is 5.82 Å². The Labute approximate surface area is 88.1 Å². The van der Waals surface area contributed by atoms with E-state index in [0.717, 1.165) is 4.57 Å². The lowest BCUT2D eigenvalue weighted by atomic mass is 9.97. The molecular weight excluding hydrogens is 194 g/mol. The molecule has 0 spiro atoms. The molecule has 1 rings (SSSR count). The molecule has 0 unspecified atom stereocenters. The second-order valence-electron chi connectivity index (χ2n) is 4.90. The summed E-state index contributed by atoms with van der Waals surface area (Å²) in [5, 5.41) is 0. The molecule has 0 aliphatic heterocycles. The summed E-state index contributed by atoms with van der Waals surface area (Å²) in [6.07, 6.45) is 0. The highest BCUT2D eigenvalue weighted by Crippen LogP contribution is 2.16. The minimum Gasteiger partial charge on any atom is -0.385 e. The first-order valence-electron chi connectivity index (χ1n) is 4.79. The summed E-state index contributed by atoms with van der Waals surface area (Å²) in [6, 6.07) is 1.27. The summed E-state index contributed by atoms with van der Waals surface area (Å²) in [4.78, 5) is 23.0. The van der Waals surface area contributed by atoms with E-state index in [0.29, 0.717) is 6.54 Å². The Morgan fingerprint density at radius 1 is 1.33 bits per heavy atom. The Bertz CT molecular complexity index is 477. The third kappa shape index (κ3) is 2.49. The van der Waals surface area contributed by atoms with Crippen LogP contribution >= 0.6 is 0 Å². The molecule has 0 aliphatic rings.